The maximum Gasteiger partial charge on any atom is 0.311 e. The lowest BCUT2D eigenvalue weighted by Crippen LogP contribution is -2.13. The predicted octanol–water partition coefficient (Wildman–Crippen LogP) is 2.01. The molecule has 5 nitrogen and oxygen atoms in total. The molecule has 0 radical (unpaired) electrons. The maximum absolute atomic E-state index is 10.6. The van der Waals surface area contributed by atoms with E-state index in [2.05, 4.69) is 0 Å². The number of nitro groups is 1. The molecule has 0 aliphatic heterocycles. The van der Waals surface area contributed by atoms with Crippen molar-refractivity contribution in [2.75, 3.05) is 6.61 Å². The summed E-state index contributed by atoms with van der Waals surface area (Å²) in [6.45, 7) is 1.51. The number of benzene rings is 1. The average Bonchev–Trinajstić information content (AvgIpc) is 2.14. The zero-order valence-electron chi connectivity index (χ0n) is 8.01. The molecule has 82 valence electrons. The minimum Gasteiger partial charge on any atom is -0.484 e. The molecule has 6 heteroatoms. The van der Waals surface area contributed by atoms with Crippen LogP contribution in [0.5, 0.6) is 5.75 Å². The predicted molar refractivity (Wildman–Crippen MR) is 55.3 cm³/mol. The quantitative estimate of drug-likeness (QED) is 0.636. The van der Waals surface area contributed by atoms with E-state index in [1.165, 1.54) is 25.1 Å². The minimum absolute atomic E-state index is 0.0127. The SMILES string of the molecule is C[C@H](O)COc1cc(Cl)ccc1[N+](=O)[O-]. The van der Waals surface area contributed by atoms with Crippen LogP contribution in [0.1, 0.15) is 6.92 Å². The van der Waals surface area contributed by atoms with Gasteiger partial charge in [0.1, 0.15) is 6.61 Å². The minimum atomic E-state index is -0.691. The van der Waals surface area contributed by atoms with Crippen LogP contribution in [-0.4, -0.2) is 22.7 Å². The van der Waals surface area contributed by atoms with E-state index in [0.717, 1.165) is 0 Å². The zero-order chi connectivity index (χ0) is 11.4. The smallest absolute Gasteiger partial charge is 0.311 e. The van der Waals surface area contributed by atoms with Gasteiger partial charge in [0, 0.05) is 17.2 Å². The molecule has 15 heavy (non-hydrogen) atoms. The Kier molecular flexibility index (Phi) is 3.88. The lowest BCUT2D eigenvalue weighted by molar-refractivity contribution is -0.385. The van der Waals surface area contributed by atoms with Crippen molar-refractivity contribution < 1.29 is 14.8 Å². The molecule has 1 aromatic rings. The highest BCUT2D eigenvalue weighted by Gasteiger charge is 2.15. The highest BCUT2D eigenvalue weighted by molar-refractivity contribution is 6.30. The van der Waals surface area contributed by atoms with Crippen LogP contribution in [0.3, 0.4) is 0 Å². The molecule has 0 bridgehead atoms. The van der Waals surface area contributed by atoms with Crippen molar-refractivity contribution in [3.63, 3.8) is 0 Å². The van der Waals surface area contributed by atoms with Gasteiger partial charge in [0.15, 0.2) is 5.75 Å². The number of nitrogens with zero attached hydrogens (tertiary/aromatic N) is 1. The summed E-state index contributed by atoms with van der Waals surface area (Å²) in [5, 5.41) is 19.9. The summed E-state index contributed by atoms with van der Waals surface area (Å²) in [6, 6.07) is 4.02. The van der Waals surface area contributed by atoms with Crippen LogP contribution < -0.4 is 4.74 Å². The van der Waals surface area contributed by atoms with E-state index in [1.54, 1.807) is 0 Å². The van der Waals surface area contributed by atoms with Crippen LogP contribution >= 0.6 is 11.6 Å². The number of ether oxygens (including phenoxy) is 1. The lowest BCUT2D eigenvalue weighted by Gasteiger charge is -2.08. The first-order valence-electron chi connectivity index (χ1n) is 4.25. The number of hydrogen-bond donors (Lipinski definition) is 1. The Balaban J connectivity index is 2.92. The monoisotopic (exact) mass is 231 g/mol. The van der Waals surface area contributed by atoms with Gasteiger partial charge < -0.3 is 9.84 Å². The highest BCUT2D eigenvalue weighted by Crippen LogP contribution is 2.29. The lowest BCUT2D eigenvalue weighted by atomic mass is 10.3. The van der Waals surface area contributed by atoms with Gasteiger partial charge in [-0.1, -0.05) is 11.6 Å². The summed E-state index contributed by atoms with van der Waals surface area (Å²) in [5.74, 6) is 0.0633. The van der Waals surface area contributed by atoms with E-state index in [-0.39, 0.29) is 18.0 Å². The van der Waals surface area contributed by atoms with Gasteiger partial charge in [-0.05, 0) is 13.0 Å². The molecule has 0 unspecified atom stereocenters. The fourth-order valence-corrected chi connectivity index (χ4v) is 1.13. The molecule has 0 amide bonds. The van der Waals surface area contributed by atoms with Crippen LogP contribution in [-0.2, 0) is 0 Å². The van der Waals surface area contributed by atoms with Crippen LogP contribution in [0.4, 0.5) is 5.69 Å². The van der Waals surface area contributed by atoms with Crippen LogP contribution in [0, 0.1) is 10.1 Å². The second kappa shape index (κ2) is 4.95. The number of aliphatic hydroxyl groups is 1. The van der Waals surface area contributed by atoms with Gasteiger partial charge in [0.05, 0.1) is 11.0 Å². The summed E-state index contributed by atoms with van der Waals surface area (Å²) >= 11 is 5.67. The fraction of sp³-hybridized carbons (Fsp3) is 0.333. The van der Waals surface area contributed by atoms with E-state index in [4.69, 9.17) is 21.4 Å². The molecule has 0 heterocycles. The molecule has 0 aromatic heterocycles. The van der Waals surface area contributed by atoms with Gasteiger partial charge >= 0.3 is 5.69 Å². The highest BCUT2D eigenvalue weighted by atomic mass is 35.5. The van der Waals surface area contributed by atoms with Gasteiger partial charge in [-0.25, -0.2) is 0 Å². The third-order valence-corrected chi connectivity index (χ3v) is 1.83. The standard InChI is InChI=1S/C9H10ClNO4/c1-6(12)5-15-9-4-7(10)2-3-8(9)11(13)14/h2-4,6,12H,5H2,1H3/t6-/m0/s1. The van der Waals surface area contributed by atoms with Crippen molar-refractivity contribution in [1.29, 1.82) is 0 Å². The van der Waals surface area contributed by atoms with E-state index in [0.29, 0.717) is 5.02 Å². The van der Waals surface area contributed by atoms with Crippen LogP contribution in [0.2, 0.25) is 5.02 Å². The number of hydrogen-bond acceptors (Lipinski definition) is 4. The summed E-state index contributed by atoms with van der Waals surface area (Å²) in [7, 11) is 0. The fourth-order valence-electron chi connectivity index (χ4n) is 0.965. The number of halogens is 1. The number of nitro benzene ring substituents is 1. The second-order valence-electron chi connectivity index (χ2n) is 3.03. The van der Waals surface area contributed by atoms with Gasteiger partial charge in [-0.15, -0.1) is 0 Å². The largest absolute Gasteiger partial charge is 0.484 e. The second-order valence-corrected chi connectivity index (χ2v) is 3.47. The molecule has 1 rings (SSSR count). The molecule has 0 saturated heterocycles. The molecule has 1 atom stereocenters. The van der Waals surface area contributed by atoms with Crippen molar-refractivity contribution in [3.8, 4) is 5.75 Å². The molecule has 0 aliphatic rings. The van der Waals surface area contributed by atoms with Crippen molar-refractivity contribution in [1.82, 2.24) is 0 Å². The van der Waals surface area contributed by atoms with Crippen molar-refractivity contribution in [3.05, 3.63) is 33.3 Å². The van der Waals surface area contributed by atoms with Gasteiger partial charge in [-0.3, -0.25) is 10.1 Å². The topological polar surface area (TPSA) is 72.6 Å². The Morgan fingerprint density at radius 2 is 2.33 bits per heavy atom. The van der Waals surface area contributed by atoms with E-state index >= 15 is 0 Å². The Morgan fingerprint density at radius 1 is 1.67 bits per heavy atom. The average molecular weight is 232 g/mol. The normalized spacial score (nSPS) is 12.2. The first-order valence-corrected chi connectivity index (χ1v) is 4.63. The van der Waals surface area contributed by atoms with Gasteiger partial charge in [0.25, 0.3) is 0 Å². The Bertz CT molecular complexity index is 367. The van der Waals surface area contributed by atoms with Gasteiger partial charge in [0.2, 0.25) is 0 Å². The Morgan fingerprint density at radius 3 is 2.87 bits per heavy atom. The van der Waals surface area contributed by atoms with E-state index < -0.39 is 11.0 Å². The molecular formula is C9H10ClNO4. The van der Waals surface area contributed by atoms with Crippen LogP contribution in [0.15, 0.2) is 18.2 Å². The molecule has 0 aliphatic carbocycles. The molecule has 0 spiro atoms. The van der Waals surface area contributed by atoms with E-state index in [1.807, 2.05) is 0 Å². The van der Waals surface area contributed by atoms with Crippen LogP contribution in [0.25, 0.3) is 0 Å². The first-order chi connectivity index (χ1) is 7.00. The first kappa shape index (κ1) is 11.7. The molecule has 1 N–H and O–H groups in total. The number of rotatable bonds is 4. The summed E-state index contributed by atoms with van der Waals surface area (Å²) in [6.07, 6.45) is -0.691. The van der Waals surface area contributed by atoms with E-state index in [9.17, 15) is 10.1 Å². The Labute approximate surface area is 91.4 Å². The third-order valence-electron chi connectivity index (χ3n) is 1.60. The summed E-state index contributed by atoms with van der Waals surface area (Å²) in [4.78, 5) is 10.0. The Hall–Kier alpha value is -1.33. The molecule has 0 saturated carbocycles. The summed E-state index contributed by atoms with van der Waals surface area (Å²) < 4.78 is 5.06. The molecular weight excluding hydrogens is 222 g/mol. The van der Waals surface area contributed by atoms with Gasteiger partial charge in [-0.2, -0.15) is 0 Å². The maximum atomic E-state index is 10.6. The zero-order valence-corrected chi connectivity index (χ0v) is 8.77. The third kappa shape index (κ3) is 3.38. The van der Waals surface area contributed by atoms with Crippen molar-refractivity contribution in [2.24, 2.45) is 0 Å². The molecule has 1 aromatic carbocycles. The number of aliphatic hydroxyl groups excluding tert-OH is 1. The van der Waals surface area contributed by atoms with Crippen molar-refractivity contribution >= 4 is 17.3 Å². The molecule has 0 fully saturated rings. The van der Waals surface area contributed by atoms with Crippen molar-refractivity contribution in [2.45, 2.75) is 13.0 Å². The summed E-state index contributed by atoms with van der Waals surface area (Å²) in [5.41, 5.74) is -0.167.